The summed E-state index contributed by atoms with van der Waals surface area (Å²) in [5.41, 5.74) is 9.09. The first-order chi connectivity index (χ1) is 9.04. The van der Waals surface area contributed by atoms with Crippen molar-refractivity contribution in [3.8, 4) is 0 Å². The number of nitrogens with zero attached hydrogens (tertiary/aromatic N) is 4. The van der Waals surface area contributed by atoms with Gasteiger partial charge in [-0.2, -0.15) is 5.10 Å². The number of unbranched alkanes of at least 4 members (excludes halogenated alkanes) is 1. The van der Waals surface area contributed by atoms with Crippen LogP contribution in [0, 0.1) is 5.92 Å². The van der Waals surface area contributed by atoms with Crippen molar-refractivity contribution in [2.45, 2.75) is 53.0 Å². The van der Waals surface area contributed by atoms with Gasteiger partial charge < -0.3 is 5.73 Å². The average molecular weight is 263 g/mol. The first-order valence-corrected chi connectivity index (χ1v) is 7.22. The van der Waals surface area contributed by atoms with Crippen LogP contribution < -0.4 is 5.73 Å². The van der Waals surface area contributed by atoms with E-state index >= 15 is 0 Å². The van der Waals surface area contributed by atoms with Crippen LogP contribution in [0.1, 0.15) is 45.7 Å². The van der Waals surface area contributed by atoms with Crippen molar-refractivity contribution in [1.82, 2.24) is 19.3 Å². The quantitative estimate of drug-likeness (QED) is 0.815. The summed E-state index contributed by atoms with van der Waals surface area (Å²) in [4.78, 5) is 4.48. The molecule has 0 spiro atoms. The molecule has 106 valence electrons. The zero-order valence-electron chi connectivity index (χ0n) is 12.5. The minimum Gasteiger partial charge on any atom is -0.369 e. The van der Waals surface area contributed by atoms with E-state index in [0.29, 0.717) is 5.95 Å². The third-order valence-corrected chi connectivity index (χ3v) is 3.57. The Labute approximate surface area is 114 Å². The fraction of sp³-hybridized carbons (Fsp3) is 0.714. The first kappa shape index (κ1) is 13.9. The molecule has 0 saturated carbocycles. The number of anilines is 1. The molecule has 2 heterocycles. The number of aromatic nitrogens is 4. The van der Waals surface area contributed by atoms with Gasteiger partial charge in [-0.1, -0.05) is 33.6 Å². The summed E-state index contributed by atoms with van der Waals surface area (Å²) in [6, 6.07) is 0. The monoisotopic (exact) mass is 263 g/mol. The van der Waals surface area contributed by atoms with Crippen molar-refractivity contribution in [3.05, 3.63) is 5.69 Å². The number of hydrogen-bond donors (Lipinski definition) is 1. The molecule has 0 atom stereocenters. The van der Waals surface area contributed by atoms with E-state index in [-0.39, 0.29) is 0 Å². The summed E-state index contributed by atoms with van der Waals surface area (Å²) in [5.74, 6) is 1.38. The van der Waals surface area contributed by atoms with Crippen LogP contribution in [0.25, 0.3) is 11.2 Å². The third-order valence-electron chi connectivity index (χ3n) is 3.57. The van der Waals surface area contributed by atoms with Crippen LogP contribution in [0.4, 0.5) is 5.95 Å². The van der Waals surface area contributed by atoms with E-state index in [1.807, 2.05) is 11.7 Å². The fourth-order valence-corrected chi connectivity index (χ4v) is 2.54. The lowest BCUT2D eigenvalue weighted by Gasteiger charge is -2.08. The lowest BCUT2D eigenvalue weighted by molar-refractivity contribution is 0.511. The number of hydrogen-bond acceptors (Lipinski definition) is 3. The van der Waals surface area contributed by atoms with Crippen molar-refractivity contribution in [2.24, 2.45) is 13.0 Å². The summed E-state index contributed by atoms with van der Waals surface area (Å²) in [6.45, 7) is 7.55. The van der Waals surface area contributed by atoms with Crippen LogP contribution >= 0.6 is 0 Å². The van der Waals surface area contributed by atoms with E-state index in [1.165, 1.54) is 12.8 Å². The predicted octanol–water partition coefficient (Wildman–Crippen LogP) is 2.74. The Hall–Kier alpha value is -1.52. The molecule has 0 aliphatic carbocycles. The van der Waals surface area contributed by atoms with E-state index in [2.05, 4.69) is 35.4 Å². The summed E-state index contributed by atoms with van der Waals surface area (Å²) < 4.78 is 4.00. The Morgan fingerprint density at radius 1 is 1.26 bits per heavy atom. The van der Waals surface area contributed by atoms with Crippen molar-refractivity contribution in [1.29, 1.82) is 0 Å². The van der Waals surface area contributed by atoms with Crippen molar-refractivity contribution in [2.75, 3.05) is 5.73 Å². The highest BCUT2D eigenvalue weighted by Crippen LogP contribution is 2.22. The molecular weight excluding hydrogens is 238 g/mol. The average Bonchev–Trinajstić information content (AvgIpc) is 2.83. The van der Waals surface area contributed by atoms with Crippen molar-refractivity contribution >= 4 is 17.1 Å². The van der Waals surface area contributed by atoms with Gasteiger partial charge in [0.15, 0.2) is 5.65 Å². The third kappa shape index (κ3) is 2.74. The number of nitrogen functional groups attached to an aromatic ring is 1. The second-order valence-electron chi connectivity index (χ2n) is 5.61. The summed E-state index contributed by atoms with van der Waals surface area (Å²) in [5, 5.41) is 4.50. The number of nitrogens with two attached hydrogens (primary N) is 1. The van der Waals surface area contributed by atoms with Gasteiger partial charge in [0.05, 0.1) is 5.69 Å². The second-order valence-corrected chi connectivity index (χ2v) is 5.61. The summed E-state index contributed by atoms with van der Waals surface area (Å²) in [6.07, 6.45) is 4.53. The topological polar surface area (TPSA) is 61.7 Å². The molecular formula is C14H25N5. The molecule has 5 nitrogen and oxygen atoms in total. The van der Waals surface area contributed by atoms with Crippen LogP contribution in [-0.2, 0) is 20.0 Å². The van der Waals surface area contributed by atoms with Crippen LogP contribution in [0.2, 0.25) is 0 Å². The van der Waals surface area contributed by atoms with Crippen LogP contribution in [-0.4, -0.2) is 19.3 Å². The lowest BCUT2D eigenvalue weighted by atomic mass is 10.1. The van der Waals surface area contributed by atoms with Gasteiger partial charge >= 0.3 is 0 Å². The zero-order valence-corrected chi connectivity index (χ0v) is 12.5. The van der Waals surface area contributed by atoms with Gasteiger partial charge in [-0.3, -0.25) is 9.25 Å². The van der Waals surface area contributed by atoms with Crippen LogP contribution in [0.3, 0.4) is 0 Å². The zero-order chi connectivity index (χ0) is 14.0. The Balaban J connectivity index is 2.18. The van der Waals surface area contributed by atoms with Gasteiger partial charge in [0, 0.05) is 13.6 Å². The smallest absolute Gasteiger partial charge is 0.202 e. The van der Waals surface area contributed by atoms with Gasteiger partial charge in [0.25, 0.3) is 0 Å². The molecule has 0 bridgehead atoms. The second kappa shape index (κ2) is 5.63. The molecule has 19 heavy (non-hydrogen) atoms. The van der Waals surface area contributed by atoms with Gasteiger partial charge in [0.2, 0.25) is 5.95 Å². The van der Waals surface area contributed by atoms with E-state index in [0.717, 1.165) is 42.2 Å². The maximum absolute atomic E-state index is 6.04. The molecule has 0 saturated heterocycles. The van der Waals surface area contributed by atoms with Crippen molar-refractivity contribution in [3.63, 3.8) is 0 Å². The predicted molar refractivity (Wildman–Crippen MR) is 79.0 cm³/mol. The SMILES string of the molecule is CCc1nn(C)c2c1nc(N)n2CCCCC(C)C. The normalized spacial score (nSPS) is 11.8. The highest BCUT2D eigenvalue weighted by atomic mass is 15.3. The molecule has 2 aromatic heterocycles. The Morgan fingerprint density at radius 2 is 2.00 bits per heavy atom. The highest BCUT2D eigenvalue weighted by molar-refractivity contribution is 5.77. The molecule has 2 N–H and O–H groups in total. The number of fused-ring (bicyclic) bond motifs is 1. The highest BCUT2D eigenvalue weighted by Gasteiger charge is 2.16. The number of rotatable bonds is 6. The molecule has 0 aliphatic rings. The molecule has 0 amide bonds. The van der Waals surface area contributed by atoms with E-state index in [1.54, 1.807) is 0 Å². The Kier molecular flexibility index (Phi) is 4.12. The summed E-state index contributed by atoms with van der Waals surface area (Å²) in [7, 11) is 1.97. The maximum atomic E-state index is 6.04. The van der Waals surface area contributed by atoms with Gasteiger partial charge in [-0.25, -0.2) is 4.98 Å². The van der Waals surface area contributed by atoms with Crippen molar-refractivity contribution < 1.29 is 0 Å². The molecule has 0 fully saturated rings. The maximum Gasteiger partial charge on any atom is 0.202 e. The lowest BCUT2D eigenvalue weighted by Crippen LogP contribution is -2.07. The molecule has 2 aromatic rings. The van der Waals surface area contributed by atoms with Crippen LogP contribution in [0.5, 0.6) is 0 Å². The number of imidazole rings is 1. The standard InChI is InChI=1S/C14H25N5/c1-5-11-12-13(18(4)17-11)19(14(15)16-12)9-7-6-8-10(2)3/h10H,5-9H2,1-4H3,(H2,15,16). The van der Waals surface area contributed by atoms with E-state index < -0.39 is 0 Å². The van der Waals surface area contributed by atoms with Gasteiger partial charge in [0.1, 0.15) is 5.52 Å². The molecule has 0 aliphatic heterocycles. The molecule has 2 rings (SSSR count). The van der Waals surface area contributed by atoms with E-state index in [9.17, 15) is 0 Å². The Bertz CT molecular complexity index is 550. The van der Waals surface area contributed by atoms with Crippen LogP contribution in [0.15, 0.2) is 0 Å². The van der Waals surface area contributed by atoms with Gasteiger partial charge in [-0.05, 0) is 18.8 Å². The molecule has 0 unspecified atom stereocenters. The first-order valence-electron chi connectivity index (χ1n) is 7.22. The Morgan fingerprint density at radius 3 is 2.63 bits per heavy atom. The molecule has 5 heteroatoms. The molecule has 0 aromatic carbocycles. The van der Waals surface area contributed by atoms with Gasteiger partial charge in [-0.15, -0.1) is 0 Å². The van der Waals surface area contributed by atoms with E-state index in [4.69, 9.17) is 5.73 Å². The minimum atomic E-state index is 0.613. The number of aryl methyl sites for hydroxylation is 3. The molecule has 0 radical (unpaired) electrons. The fourth-order valence-electron chi connectivity index (χ4n) is 2.54. The summed E-state index contributed by atoms with van der Waals surface area (Å²) >= 11 is 0. The minimum absolute atomic E-state index is 0.613. The largest absolute Gasteiger partial charge is 0.369 e.